The van der Waals surface area contributed by atoms with E-state index in [4.69, 9.17) is 4.74 Å². The van der Waals surface area contributed by atoms with Crippen LogP contribution in [0.15, 0.2) is 70.3 Å². The number of halogens is 1. The molecule has 6 nitrogen and oxygen atoms in total. The molecule has 138 valence electrons. The second-order valence-corrected chi connectivity index (χ2v) is 6.45. The minimum absolute atomic E-state index is 0.285. The van der Waals surface area contributed by atoms with E-state index in [1.54, 1.807) is 12.1 Å². The molecule has 7 heteroatoms. The van der Waals surface area contributed by atoms with Gasteiger partial charge in [-0.05, 0) is 28.8 Å². The molecule has 27 heavy (non-hydrogen) atoms. The van der Waals surface area contributed by atoms with Crippen LogP contribution in [0.3, 0.4) is 0 Å². The van der Waals surface area contributed by atoms with Crippen LogP contribution < -0.4 is 11.4 Å². The van der Waals surface area contributed by atoms with Gasteiger partial charge in [-0.15, -0.1) is 0 Å². The van der Waals surface area contributed by atoms with E-state index in [1.165, 1.54) is 23.9 Å². The number of nitrogens with zero attached hydrogens (tertiary/aromatic N) is 2. The van der Waals surface area contributed by atoms with Crippen molar-refractivity contribution < 1.29 is 9.13 Å². The molecule has 0 radical (unpaired) electrons. The number of benzene rings is 2. The highest BCUT2D eigenvalue weighted by Gasteiger charge is 2.26. The van der Waals surface area contributed by atoms with Crippen molar-refractivity contribution in [3.8, 4) is 0 Å². The molecule has 0 aliphatic heterocycles. The number of rotatable bonds is 4. The number of ether oxygens (including phenoxy) is 1. The minimum atomic E-state index is -0.458. The first-order valence-corrected chi connectivity index (χ1v) is 8.55. The zero-order valence-electron chi connectivity index (χ0n) is 14.6. The molecule has 0 amide bonds. The Bertz CT molecular complexity index is 1110. The van der Waals surface area contributed by atoms with E-state index in [1.807, 2.05) is 36.4 Å². The van der Waals surface area contributed by atoms with Crippen molar-refractivity contribution in [3.05, 3.63) is 104 Å². The second-order valence-electron chi connectivity index (χ2n) is 6.45. The Morgan fingerprint density at radius 1 is 1.04 bits per heavy atom. The van der Waals surface area contributed by atoms with E-state index < -0.39 is 17.4 Å². The zero-order valence-corrected chi connectivity index (χ0v) is 14.6. The zero-order chi connectivity index (χ0) is 19.0. The van der Waals surface area contributed by atoms with Crippen molar-refractivity contribution in [2.24, 2.45) is 7.05 Å². The third-order valence-corrected chi connectivity index (χ3v) is 4.72. The molecule has 4 rings (SSSR count). The van der Waals surface area contributed by atoms with E-state index in [0.29, 0.717) is 6.61 Å². The first kappa shape index (κ1) is 17.2. The van der Waals surface area contributed by atoms with Gasteiger partial charge in [0.05, 0.1) is 12.6 Å². The first-order chi connectivity index (χ1) is 13.0. The van der Waals surface area contributed by atoms with Gasteiger partial charge >= 0.3 is 11.4 Å². The van der Waals surface area contributed by atoms with Crippen molar-refractivity contribution in [3.63, 3.8) is 0 Å². The fourth-order valence-electron chi connectivity index (χ4n) is 3.25. The van der Waals surface area contributed by atoms with Crippen molar-refractivity contribution in [1.29, 1.82) is 0 Å². The van der Waals surface area contributed by atoms with E-state index >= 15 is 0 Å². The molecule has 1 heterocycles. The number of hydrogen-bond acceptors (Lipinski definition) is 3. The summed E-state index contributed by atoms with van der Waals surface area (Å²) < 4.78 is 21.4. The molecular weight excluding hydrogens is 349 g/mol. The Kier molecular flexibility index (Phi) is 4.37. The highest BCUT2D eigenvalue weighted by Crippen LogP contribution is 2.34. The summed E-state index contributed by atoms with van der Waals surface area (Å²) in [5.74, 6) is -0.285. The fraction of sp³-hybridized carbons (Fsp3) is 0.200. The van der Waals surface area contributed by atoms with E-state index in [-0.39, 0.29) is 11.9 Å². The Morgan fingerprint density at radius 3 is 2.41 bits per heavy atom. The molecule has 0 fully saturated rings. The maximum atomic E-state index is 13.0. The van der Waals surface area contributed by atoms with Gasteiger partial charge in [0.1, 0.15) is 11.9 Å². The Morgan fingerprint density at radius 2 is 1.74 bits per heavy atom. The number of nitrogens with one attached hydrogen (secondary N) is 1. The van der Waals surface area contributed by atoms with Gasteiger partial charge in [-0.3, -0.25) is 0 Å². The SMILES string of the molecule is Cn1c(=O)[nH]n([C@@H]2C=C[C@H](OCc3ccc(F)cc3)c3ccccc32)c1=O. The maximum absolute atomic E-state index is 13.0. The van der Waals surface area contributed by atoms with Gasteiger partial charge in [0.2, 0.25) is 0 Å². The van der Waals surface area contributed by atoms with Gasteiger partial charge in [0.15, 0.2) is 0 Å². The summed E-state index contributed by atoms with van der Waals surface area (Å²) in [5.41, 5.74) is 1.81. The molecule has 1 aliphatic carbocycles. The van der Waals surface area contributed by atoms with Crippen LogP contribution in [0.25, 0.3) is 0 Å². The van der Waals surface area contributed by atoms with Crippen molar-refractivity contribution in [2.45, 2.75) is 18.8 Å². The fourth-order valence-corrected chi connectivity index (χ4v) is 3.25. The standard InChI is InChI=1S/C20H18FN3O3/c1-23-19(25)22-24(20(23)26)17-10-11-18(16-5-3-2-4-15(16)17)27-12-13-6-8-14(21)9-7-13/h2-11,17-18H,12H2,1H3,(H,22,25)/t17-,18+/m1/s1. The van der Waals surface area contributed by atoms with Crippen LogP contribution in [0.1, 0.15) is 28.8 Å². The molecule has 0 spiro atoms. The number of aromatic nitrogens is 3. The summed E-state index contributed by atoms with van der Waals surface area (Å²) in [4.78, 5) is 24.1. The van der Waals surface area contributed by atoms with Crippen LogP contribution >= 0.6 is 0 Å². The Balaban J connectivity index is 1.64. The van der Waals surface area contributed by atoms with Crippen LogP contribution in [0, 0.1) is 5.82 Å². The molecule has 1 aromatic heterocycles. The number of hydrogen-bond donors (Lipinski definition) is 1. The average Bonchev–Trinajstić information content (AvgIpc) is 2.94. The monoisotopic (exact) mass is 367 g/mol. The van der Waals surface area contributed by atoms with Crippen molar-refractivity contribution >= 4 is 0 Å². The number of H-pyrrole nitrogens is 1. The van der Waals surface area contributed by atoms with Gasteiger partial charge in [0.25, 0.3) is 0 Å². The smallest absolute Gasteiger partial charge is 0.347 e. The molecule has 1 N–H and O–H groups in total. The van der Waals surface area contributed by atoms with E-state index in [9.17, 15) is 14.0 Å². The van der Waals surface area contributed by atoms with Gasteiger partial charge in [-0.25, -0.2) is 28.3 Å². The summed E-state index contributed by atoms with van der Waals surface area (Å²) in [6.45, 7) is 0.330. The third-order valence-electron chi connectivity index (χ3n) is 4.72. The lowest BCUT2D eigenvalue weighted by molar-refractivity contribution is 0.0691. The minimum Gasteiger partial charge on any atom is -0.365 e. The maximum Gasteiger partial charge on any atom is 0.347 e. The second kappa shape index (κ2) is 6.85. The first-order valence-electron chi connectivity index (χ1n) is 8.55. The highest BCUT2D eigenvalue weighted by molar-refractivity contribution is 5.40. The average molecular weight is 367 g/mol. The summed E-state index contributed by atoms with van der Waals surface area (Å²) >= 11 is 0. The van der Waals surface area contributed by atoms with Crippen LogP contribution in [0.2, 0.25) is 0 Å². The Hall–Kier alpha value is -3.19. The van der Waals surface area contributed by atoms with Crippen LogP contribution in [-0.2, 0) is 18.4 Å². The Labute approximate surface area is 154 Å². The summed E-state index contributed by atoms with van der Waals surface area (Å²) in [7, 11) is 1.44. The van der Waals surface area contributed by atoms with E-state index in [0.717, 1.165) is 21.3 Å². The number of aromatic amines is 1. The van der Waals surface area contributed by atoms with Crippen LogP contribution in [0.4, 0.5) is 4.39 Å². The summed E-state index contributed by atoms with van der Waals surface area (Å²) in [5, 5.41) is 2.59. The van der Waals surface area contributed by atoms with Gasteiger partial charge < -0.3 is 4.74 Å². The lowest BCUT2D eigenvalue weighted by Crippen LogP contribution is -2.29. The molecule has 2 aromatic carbocycles. The lowest BCUT2D eigenvalue weighted by Gasteiger charge is -2.27. The normalized spacial score (nSPS) is 18.4. The largest absolute Gasteiger partial charge is 0.365 e. The van der Waals surface area contributed by atoms with Crippen LogP contribution in [-0.4, -0.2) is 14.3 Å². The molecule has 0 unspecified atom stereocenters. The highest BCUT2D eigenvalue weighted by atomic mass is 19.1. The predicted molar refractivity (Wildman–Crippen MR) is 97.9 cm³/mol. The van der Waals surface area contributed by atoms with Crippen molar-refractivity contribution in [2.75, 3.05) is 0 Å². The quantitative estimate of drug-likeness (QED) is 0.720. The molecule has 3 aromatic rings. The van der Waals surface area contributed by atoms with Gasteiger partial charge in [-0.1, -0.05) is 48.6 Å². The van der Waals surface area contributed by atoms with Crippen LogP contribution in [0.5, 0.6) is 0 Å². The lowest BCUT2D eigenvalue weighted by atomic mass is 9.91. The topological polar surface area (TPSA) is 69.0 Å². The molecule has 0 saturated carbocycles. The van der Waals surface area contributed by atoms with E-state index in [2.05, 4.69) is 5.10 Å². The molecule has 0 saturated heterocycles. The van der Waals surface area contributed by atoms with Gasteiger partial charge in [-0.2, -0.15) is 0 Å². The number of allylic oxidation sites excluding steroid dienone is 1. The van der Waals surface area contributed by atoms with Gasteiger partial charge in [0, 0.05) is 7.05 Å². The predicted octanol–water partition coefficient (Wildman–Crippen LogP) is 2.43. The molecular formula is C20H18FN3O3. The molecule has 1 aliphatic rings. The molecule has 2 atom stereocenters. The molecule has 0 bridgehead atoms. The summed E-state index contributed by atoms with van der Waals surface area (Å²) in [6, 6.07) is 13.4. The number of fused-ring (bicyclic) bond motifs is 1. The third kappa shape index (κ3) is 3.17. The summed E-state index contributed by atoms with van der Waals surface area (Å²) in [6.07, 6.45) is 3.41. The van der Waals surface area contributed by atoms with Crippen molar-refractivity contribution in [1.82, 2.24) is 14.3 Å².